The lowest BCUT2D eigenvalue weighted by Crippen LogP contribution is -2.39. The molecule has 0 unspecified atom stereocenters. The van der Waals surface area contributed by atoms with Crippen LogP contribution in [0.4, 0.5) is 0 Å². The Morgan fingerprint density at radius 1 is 1.37 bits per heavy atom. The van der Waals surface area contributed by atoms with Crippen molar-refractivity contribution in [1.29, 1.82) is 0 Å². The summed E-state index contributed by atoms with van der Waals surface area (Å²) in [5, 5.41) is 3.33. The number of hydrogen-bond donors (Lipinski definition) is 1. The Hall–Kier alpha value is -1.06. The lowest BCUT2D eigenvalue weighted by molar-refractivity contribution is 0.135. The van der Waals surface area contributed by atoms with Crippen molar-refractivity contribution in [3.8, 4) is 5.75 Å². The van der Waals surface area contributed by atoms with E-state index in [1.54, 1.807) is 0 Å². The van der Waals surface area contributed by atoms with Gasteiger partial charge in [-0.3, -0.25) is 0 Å². The zero-order valence-electron chi connectivity index (χ0n) is 12.2. The molecule has 0 heterocycles. The molecule has 1 aromatic carbocycles. The van der Waals surface area contributed by atoms with Gasteiger partial charge < -0.3 is 15.0 Å². The fourth-order valence-corrected chi connectivity index (χ4v) is 2.33. The first kappa shape index (κ1) is 14.4. The monoisotopic (exact) mass is 262 g/mol. The van der Waals surface area contributed by atoms with Crippen molar-refractivity contribution >= 4 is 0 Å². The molecule has 0 aliphatic heterocycles. The zero-order chi connectivity index (χ0) is 13.5. The fraction of sp³-hybridized carbons (Fsp3) is 0.625. The molecule has 19 heavy (non-hydrogen) atoms. The Balaban J connectivity index is 1.72. The molecule has 1 aliphatic rings. The molecule has 1 fully saturated rings. The van der Waals surface area contributed by atoms with E-state index < -0.39 is 0 Å². The van der Waals surface area contributed by atoms with Crippen molar-refractivity contribution in [1.82, 2.24) is 10.2 Å². The average Bonchev–Trinajstić information content (AvgIpc) is 2.35. The Bertz CT molecular complexity index is 377. The lowest BCUT2D eigenvalue weighted by atomic mass is 9.92. The van der Waals surface area contributed by atoms with Crippen LogP contribution in [0.3, 0.4) is 0 Å². The predicted molar refractivity (Wildman–Crippen MR) is 79.6 cm³/mol. The number of hydrogen-bond acceptors (Lipinski definition) is 3. The maximum absolute atomic E-state index is 5.85. The van der Waals surface area contributed by atoms with Gasteiger partial charge in [0.15, 0.2) is 0 Å². The van der Waals surface area contributed by atoms with Gasteiger partial charge in [-0.2, -0.15) is 0 Å². The first-order valence-corrected chi connectivity index (χ1v) is 7.42. The first-order valence-electron chi connectivity index (χ1n) is 7.42. The maximum Gasteiger partial charge on any atom is 0.119 e. The van der Waals surface area contributed by atoms with Gasteiger partial charge in [0.05, 0.1) is 0 Å². The molecule has 3 nitrogen and oxygen atoms in total. The quantitative estimate of drug-likeness (QED) is 0.779. The summed E-state index contributed by atoms with van der Waals surface area (Å²) in [6.07, 6.45) is 4.10. The molecule has 106 valence electrons. The van der Waals surface area contributed by atoms with Gasteiger partial charge in [0.1, 0.15) is 12.4 Å². The van der Waals surface area contributed by atoms with Crippen LogP contribution in [0.25, 0.3) is 0 Å². The third kappa shape index (κ3) is 4.51. The summed E-state index contributed by atoms with van der Waals surface area (Å²) in [6, 6.07) is 9.17. The minimum Gasteiger partial charge on any atom is -0.492 e. The van der Waals surface area contributed by atoms with Crippen LogP contribution < -0.4 is 10.1 Å². The molecule has 0 spiro atoms. The predicted octanol–water partition coefficient (Wildman–Crippen LogP) is 2.66. The summed E-state index contributed by atoms with van der Waals surface area (Å²) < 4.78 is 5.85. The molecular weight excluding hydrogens is 236 g/mol. The zero-order valence-corrected chi connectivity index (χ0v) is 12.2. The Morgan fingerprint density at radius 3 is 2.89 bits per heavy atom. The third-order valence-electron chi connectivity index (χ3n) is 3.89. The van der Waals surface area contributed by atoms with Crippen molar-refractivity contribution in [2.45, 2.75) is 38.8 Å². The van der Waals surface area contributed by atoms with E-state index in [0.717, 1.165) is 38.0 Å². The topological polar surface area (TPSA) is 24.5 Å². The van der Waals surface area contributed by atoms with Gasteiger partial charge in [-0.15, -0.1) is 0 Å². The maximum atomic E-state index is 5.85. The molecule has 0 radical (unpaired) electrons. The van der Waals surface area contributed by atoms with Crippen molar-refractivity contribution in [2.75, 3.05) is 26.7 Å². The summed E-state index contributed by atoms with van der Waals surface area (Å²) in [7, 11) is 2.20. The van der Waals surface area contributed by atoms with E-state index in [1.165, 1.54) is 24.8 Å². The van der Waals surface area contributed by atoms with Crippen LogP contribution >= 0.6 is 0 Å². The number of nitrogens with zero attached hydrogens (tertiary/aromatic N) is 1. The van der Waals surface area contributed by atoms with Crippen LogP contribution in [0.5, 0.6) is 5.75 Å². The van der Waals surface area contributed by atoms with E-state index in [1.807, 2.05) is 6.07 Å². The second-order valence-corrected chi connectivity index (χ2v) is 5.34. The SMILES string of the molecule is CCNCc1cccc(OCCN(C)C2CCC2)c1. The molecule has 1 aromatic rings. The Kier molecular flexibility index (Phi) is 5.67. The van der Waals surface area contributed by atoms with Crippen LogP contribution in [0.2, 0.25) is 0 Å². The molecule has 1 N–H and O–H groups in total. The van der Waals surface area contributed by atoms with Crippen LogP contribution in [-0.4, -0.2) is 37.7 Å². The molecule has 3 heteroatoms. The second kappa shape index (κ2) is 7.51. The van der Waals surface area contributed by atoms with Crippen molar-refractivity contribution in [3.63, 3.8) is 0 Å². The van der Waals surface area contributed by atoms with Gasteiger partial charge in [0.2, 0.25) is 0 Å². The Morgan fingerprint density at radius 2 is 2.21 bits per heavy atom. The average molecular weight is 262 g/mol. The highest BCUT2D eigenvalue weighted by Gasteiger charge is 2.21. The highest BCUT2D eigenvalue weighted by molar-refractivity contribution is 5.28. The van der Waals surface area contributed by atoms with Crippen molar-refractivity contribution < 1.29 is 4.74 Å². The molecular formula is C16H26N2O. The summed E-state index contributed by atoms with van der Waals surface area (Å²) in [6.45, 7) is 5.82. The number of nitrogens with one attached hydrogen (secondary N) is 1. The van der Waals surface area contributed by atoms with Gasteiger partial charge >= 0.3 is 0 Å². The van der Waals surface area contributed by atoms with E-state index in [2.05, 4.69) is 42.4 Å². The molecule has 0 atom stereocenters. The van der Waals surface area contributed by atoms with Crippen LogP contribution in [0.15, 0.2) is 24.3 Å². The minimum absolute atomic E-state index is 0.775. The van der Waals surface area contributed by atoms with E-state index in [-0.39, 0.29) is 0 Å². The number of ether oxygens (including phenoxy) is 1. The van der Waals surface area contributed by atoms with E-state index >= 15 is 0 Å². The lowest BCUT2D eigenvalue weighted by Gasteiger charge is -2.34. The van der Waals surface area contributed by atoms with Gasteiger partial charge in [-0.25, -0.2) is 0 Å². The van der Waals surface area contributed by atoms with E-state index in [9.17, 15) is 0 Å². The van der Waals surface area contributed by atoms with Crippen molar-refractivity contribution in [3.05, 3.63) is 29.8 Å². The number of rotatable bonds is 8. The number of benzene rings is 1. The van der Waals surface area contributed by atoms with Crippen molar-refractivity contribution in [2.24, 2.45) is 0 Å². The molecule has 1 aliphatic carbocycles. The van der Waals surface area contributed by atoms with Crippen LogP contribution in [0.1, 0.15) is 31.7 Å². The standard InChI is InChI=1S/C16H26N2O/c1-3-17-13-14-6-4-9-16(12-14)19-11-10-18(2)15-7-5-8-15/h4,6,9,12,15,17H,3,5,7-8,10-11,13H2,1-2H3. The Labute approximate surface area is 116 Å². The molecule has 0 amide bonds. The fourth-order valence-electron chi connectivity index (χ4n) is 2.33. The largest absolute Gasteiger partial charge is 0.492 e. The summed E-state index contributed by atoms with van der Waals surface area (Å²) >= 11 is 0. The molecule has 0 aromatic heterocycles. The summed E-state index contributed by atoms with van der Waals surface area (Å²) in [5.74, 6) is 0.984. The van der Waals surface area contributed by atoms with E-state index in [4.69, 9.17) is 4.74 Å². The van der Waals surface area contributed by atoms with Gasteiger partial charge in [0.25, 0.3) is 0 Å². The number of likely N-dealkylation sites (N-methyl/N-ethyl adjacent to an activating group) is 1. The highest BCUT2D eigenvalue weighted by atomic mass is 16.5. The minimum atomic E-state index is 0.775. The van der Waals surface area contributed by atoms with Gasteiger partial charge in [-0.1, -0.05) is 25.5 Å². The van der Waals surface area contributed by atoms with Crippen LogP contribution in [-0.2, 0) is 6.54 Å². The molecule has 0 saturated heterocycles. The molecule has 1 saturated carbocycles. The second-order valence-electron chi connectivity index (χ2n) is 5.34. The third-order valence-corrected chi connectivity index (χ3v) is 3.89. The normalized spacial score (nSPS) is 15.5. The molecule has 2 rings (SSSR count). The van der Waals surface area contributed by atoms with Crippen LogP contribution in [0, 0.1) is 0 Å². The van der Waals surface area contributed by atoms with E-state index in [0.29, 0.717) is 0 Å². The van der Waals surface area contributed by atoms with Gasteiger partial charge in [0, 0.05) is 19.1 Å². The first-order chi connectivity index (χ1) is 9.29. The summed E-state index contributed by atoms with van der Waals surface area (Å²) in [5.41, 5.74) is 1.28. The molecule has 0 bridgehead atoms. The highest BCUT2D eigenvalue weighted by Crippen LogP contribution is 2.23. The summed E-state index contributed by atoms with van der Waals surface area (Å²) in [4.78, 5) is 2.42. The smallest absolute Gasteiger partial charge is 0.119 e. The van der Waals surface area contributed by atoms with Gasteiger partial charge in [-0.05, 0) is 44.1 Å².